The Labute approximate surface area is 132 Å². The second kappa shape index (κ2) is 6.41. The van der Waals surface area contributed by atoms with Crippen molar-refractivity contribution in [2.24, 2.45) is 0 Å². The zero-order valence-corrected chi connectivity index (χ0v) is 13.0. The van der Waals surface area contributed by atoms with Gasteiger partial charge in [0, 0.05) is 37.8 Å². The van der Waals surface area contributed by atoms with Gasteiger partial charge in [0.2, 0.25) is 0 Å². The number of hydrogen-bond donors (Lipinski definition) is 0. The molecule has 0 aliphatic carbocycles. The van der Waals surface area contributed by atoms with E-state index in [0.717, 1.165) is 31.9 Å². The van der Waals surface area contributed by atoms with E-state index in [1.54, 1.807) is 17.1 Å². The fourth-order valence-electron chi connectivity index (χ4n) is 2.38. The smallest absolute Gasteiger partial charge is 0.273 e. The standard InChI is InChI=1S/C14H15ClN4OS/c15-11-2-3-13(16-8-11)18-4-1-5-19(7-6-18)14(20)12-9-21-10-17-12/h2-3,8-10H,1,4-7H2. The lowest BCUT2D eigenvalue weighted by Gasteiger charge is -2.22. The van der Waals surface area contributed by atoms with Crippen molar-refractivity contribution in [3.05, 3.63) is 39.9 Å². The topological polar surface area (TPSA) is 49.3 Å². The van der Waals surface area contributed by atoms with Gasteiger partial charge in [-0.1, -0.05) is 11.6 Å². The molecule has 0 atom stereocenters. The Bertz CT molecular complexity index is 602. The Morgan fingerprint density at radius 2 is 2.10 bits per heavy atom. The fraction of sp³-hybridized carbons (Fsp3) is 0.357. The fourth-order valence-corrected chi connectivity index (χ4v) is 3.02. The van der Waals surface area contributed by atoms with Crippen LogP contribution in [-0.4, -0.2) is 47.0 Å². The van der Waals surface area contributed by atoms with Gasteiger partial charge in [-0.25, -0.2) is 9.97 Å². The summed E-state index contributed by atoms with van der Waals surface area (Å²) >= 11 is 7.31. The molecule has 7 heteroatoms. The first kappa shape index (κ1) is 14.3. The molecule has 1 aliphatic rings. The lowest BCUT2D eigenvalue weighted by Crippen LogP contribution is -2.35. The number of amides is 1. The normalized spacial score (nSPS) is 15.9. The van der Waals surface area contributed by atoms with E-state index < -0.39 is 0 Å². The predicted molar refractivity (Wildman–Crippen MR) is 84.1 cm³/mol. The van der Waals surface area contributed by atoms with Crippen molar-refractivity contribution in [3.8, 4) is 0 Å². The predicted octanol–water partition coefficient (Wildman–Crippen LogP) is 2.54. The number of halogens is 1. The third-order valence-corrected chi connectivity index (χ3v) is 4.28. The molecule has 1 amide bonds. The molecule has 2 aromatic rings. The summed E-state index contributed by atoms with van der Waals surface area (Å²) in [6.07, 6.45) is 2.57. The lowest BCUT2D eigenvalue weighted by molar-refractivity contribution is 0.0762. The number of rotatable bonds is 2. The average Bonchev–Trinajstić information content (AvgIpc) is 2.92. The second-order valence-corrected chi connectivity index (χ2v) is 6.00. The van der Waals surface area contributed by atoms with Crippen molar-refractivity contribution in [1.29, 1.82) is 0 Å². The van der Waals surface area contributed by atoms with Crippen LogP contribution in [0.2, 0.25) is 5.02 Å². The largest absolute Gasteiger partial charge is 0.355 e. The third kappa shape index (κ3) is 3.33. The Kier molecular flexibility index (Phi) is 4.36. The molecule has 1 saturated heterocycles. The molecule has 0 saturated carbocycles. The van der Waals surface area contributed by atoms with Gasteiger partial charge in [-0.15, -0.1) is 11.3 Å². The van der Waals surface area contributed by atoms with Crippen LogP contribution in [-0.2, 0) is 0 Å². The minimum Gasteiger partial charge on any atom is -0.355 e. The molecule has 0 spiro atoms. The van der Waals surface area contributed by atoms with E-state index in [4.69, 9.17) is 11.6 Å². The summed E-state index contributed by atoms with van der Waals surface area (Å²) in [7, 11) is 0. The first-order valence-corrected chi connectivity index (χ1v) is 8.10. The maximum atomic E-state index is 12.3. The Morgan fingerprint density at radius 3 is 2.81 bits per heavy atom. The van der Waals surface area contributed by atoms with Gasteiger partial charge in [0.1, 0.15) is 11.5 Å². The van der Waals surface area contributed by atoms with Crippen LogP contribution in [0.15, 0.2) is 29.2 Å². The molecule has 2 aromatic heterocycles. The summed E-state index contributed by atoms with van der Waals surface area (Å²) < 4.78 is 0. The Balaban J connectivity index is 1.66. The van der Waals surface area contributed by atoms with E-state index in [1.807, 2.05) is 17.0 Å². The van der Waals surface area contributed by atoms with Crippen molar-refractivity contribution in [2.45, 2.75) is 6.42 Å². The summed E-state index contributed by atoms with van der Waals surface area (Å²) in [4.78, 5) is 24.8. The SMILES string of the molecule is O=C(c1cscn1)N1CCCN(c2ccc(Cl)cn2)CC1. The number of nitrogens with zero attached hydrogens (tertiary/aromatic N) is 4. The number of aromatic nitrogens is 2. The van der Waals surface area contributed by atoms with Gasteiger partial charge in [0.25, 0.3) is 5.91 Å². The van der Waals surface area contributed by atoms with E-state index in [-0.39, 0.29) is 5.91 Å². The highest BCUT2D eigenvalue weighted by Gasteiger charge is 2.21. The minimum absolute atomic E-state index is 0.0159. The summed E-state index contributed by atoms with van der Waals surface area (Å²) in [6, 6.07) is 3.76. The van der Waals surface area contributed by atoms with Crippen LogP contribution < -0.4 is 4.90 Å². The van der Waals surface area contributed by atoms with Crippen molar-refractivity contribution < 1.29 is 4.79 Å². The summed E-state index contributed by atoms with van der Waals surface area (Å²) in [5, 5.41) is 2.43. The van der Waals surface area contributed by atoms with Gasteiger partial charge in [-0.3, -0.25) is 4.79 Å². The molecule has 1 fully saturated rings. The number of carbonyl (C=O) groups is 1. The molecular formula is C14H15ClN4OS. The highest BCUT2D eigenvalue weighted by Crippen LogP contribution is 2.17. The van der Waals surface area contributed by atoms with Gasteiger partial charge in [-0.2, -0.15) is 0 Å². The zero-order valence-electron chi connectivity index (χ0n) is 11.4. The number of hydrogen-bond acceptors (Lipinski definition) is 5. The molecule has 0 aromatic carbocycles. The van der Waals surface area contributed by atoms with Crippen molar-refractivity contribution in [3.63, 3.8) is 0 Å². The number of carbonyl (C=O) groups excluding carboxylic acids is 1. The van der Waals surface area contributed by atoms with Crippen LogP contribution >= 0.6 is 22.9 Å². The summed E-state index contributed by atoms with van der Waals surface area (Å²) in [5.41, 5.74) is 2.23. The Hall–Kier alpha value is -1.66. The van der Waals surface area contributed by atoms with Crippen molar-refractivity contribution in [2.75, 3.05) is 31.1 Å². The van der Waals surface area contributed by atoms with Crippen LogP contribution in [0, 0.1) is 0 Å². The quantitative estimate of drug-likeness (QED) is 0.852. The van der Waals surface area contributed by atoms with E-state index in [2.05, 4.69) is 14.9 Å². The van der Waals surface area contributed by atoms with E-state index in [9.17, 15) is 4.79 Å². The molecule has 3 heterocycles. The zero-order chi connectivity index (χ0) is 14.7. The van der Waals surface area contributed by atoms with E-state index in [1.165, 1.54) is 11.3 Å². The highest BCUT2D eigenvalue weighted by molar-refractivity contribution is 7.07. The van der Waals surface area contributed by atoms with Gasteiger partial charge in [0.05, 0.1) is 10.5 Å². The molecule has 0 radical (unpaired) electrons. The maximum absolute atomic E-state index is 12.3. The van der Waals surface area contributed by atoms with Crippen LogP contribution in [0.3, 0.4) is 0 Å². The van der Waals surface area contributed by atoms with E-state index >= 15 is 0 Å². The molecular weight excluding hydrogens is 308 g/mol. The summed E-state index contributed by atoms with van der Waals surface area (Å²) in [5.74, 6) is 0.921. The van der Waals surface area contributed by atoms with Crippen molar-refractivity contribution >= 4 is 34.7 Å². The molecule has 0 unspecified atom stereocenters. The first-order valence-electron chi connectivity index (χ1n) is 6.78. The average molecular weight is 323 g/mol. The first-order chi connectivity index (χ1) is 10.2. The molecule has 21 heavy (non-hydrogen) atoms. The van der Waals surface area contributed by atoms with E-state index in [0.29, 0.717) is 17.3 Å². The summed E-state index contributed by atoms with van der Waals surface area (Å²) in [6.45, 7) is 3.08. The van der Waals surface area contributed by atoms with Crippen LogP contribution in [0.5, 0.6) is 0 Å². The third-order valence-electron chi connectivity index (χ3n) is 3.47. The lowest BCUT2D eigenvalue weighted by atomic mass is 10.3. The maximum Gasteiger partial charge on any atom is 0.273 e. The molecule has 5 nitrogen and oxygen atoms in total. The highest BCUT2D eigenvalue weighted by atomic mass is 35.5. The molecule has 110 valence electrons. The van der Waals surface area contributed by atoms with Crippen molar-refractivity contribution in [1.82, 2.24) is 14.9 Å². The molecule has 3 rings (SSSR count). The Morgan fingerprint density at radius 1 is 1.19 bits per heavy atom. The minimum atomic E-state index is 0.0159. The number of pyridine rings is 1. The van der Waals surface area contributed by atoms with Crippen LogP contribution in [0.25, 0.3) is 0 Å². The number of thiazole rings is 1. The second-order valence-electron chi connectivity index (χ2n) is 4.84. The van der Waals surface area contributed by atoms with Gasteiger partial charge < -0.3 is 9.80 Å². The van der Waals surface area contributed by atoms with Crippen LogP contribution in [0.4, 0.5) is 5.82 Å². The molecule has 0 N–H and O–H groups in total. The van der Waals surface area contributed by atoms with Gasteiger partial charge in [0.15, 0.2) is 0 Å². The van der Waals surface area contributed by atoms with Gasteiger partial charge in [-0.05, 0) is 18.6 Å². The molecule has 0 bridgehead atoms. The van der Waals surface area contributed by atoms with Crippen LogP contribution in [0.1, 0.15) is 16.9 Å². The molecule has 1 aliphatic heterocycles. The monoisotopic (exact) mass is 322 g/mol. The number of anilines is 1. The van der Waals surface area contributed by atoms with Gasteiger partial charge >= 0.3 is 0 Å².